The number of hydrogen-bond donors (Lipinski definition) is 0. The van der Waals surface area contributed by atoms with Gasteiger partial charge in [-0.3, -0.25) is 4.79 Å². The Bertz CT molecular complexity index is 1740. The molecule has 0 radical (unpaired) electrons. The molecule has 2 heterocycles. The first kappa shape index (κ1) is 25.7. The summed E-state index contributed by atoms with van der Waals surface area (Å²) in [5, 5.41) is 7.53. The van der Waals surface area contributed by atoms with Crippen LogP contribution in [0.1, 0.15) is 48.8 Å². The Morgan fingerprint density at radius 3 is 2.62 bits per heavy atom. The predicted molar refractivity (Wildman–Crippen MR) is 158 cm³/mol. The molecule has 188 valence electrons. The third kappa shape index (κ3) is 4.86. The van der Waals surface area contributed by atoms with Crippen LogP contribution in [0.3, 0.4) is 0 Å². The molecule has 2 aromatic heterocycles. The molecular weight excluding hydrogens is 571 g/mol. The lowest BCUT2D eigenvalue weighted by Gasteiger charge is -2.14. The minimum Gasteiger partial charge on any atom is -0.340 e. The lowest BCUT2D eigenvalue weighted by Crippen LogP contribution is -2.23. The molecule has 0 aliphatic carbocycles. The number of para-hydroxylation sites is 1. The van der Waals surface area contributed by atoms with E-state index in [-0.39, 0.29) is 11.5 Å². The monoisotopic (exact) mass is 594 g/mol. The van der Waals surface area contributed by atoms with Gasteiger partial charge in [-0.25, -0.2) is 4.98 Å². The van der Waals surface area contributed by atoms with Crippen molar-refractivity contribution in [3.05, 3.63) is 108 Å². The van der Waals surface area contributed by atoms with Crippen molar-refractivity contribution in [2.75, 3.05) is 0 Å². The second-order valence-corrected chi connectivity index (χ2v) is 10.9. The van der Waals surface area contributed by atoms with Crippen molar-refractivity contribution < 1.29 is 0 Å². The van der Waals surface area contributed by atoms with E-state index >= 15 is 0 Å². The Labute approximate surface area is 233 Å². The van der Waals surface area contributed by atoms with Crippen LogP contribution in [-0.2, 0) is 6.54 Å². The van der Waals surface area contributed by atoms with Crippen molar-refractivity contribution in [3.8, 4) is 0 Å². The lowest BCUT2D eigenvalue weighted by molar-refractivity contribution is 0.613. The number of halogens is 3. The molecule has 0 bridgehead atoms. The largest absolute Gasteiger partial charge is 0.340 e. The SMILES string of the molecule is CC[C@H](C)c1nc2ccc(Br)cc2c(=O)n1N=Cc1c(C)n(Cc2ccc(Cl)cc2Cl)c2ccccc12. The first-order valence-electron chi connectivity index (χ1n) is 12.1. The molecule has 0 saturated heterocycles. The Hall–Kier alpha value is -2.93. The zero-order chi connectivity index (χ0) is 26.3. The van der Waals surface area contributed by atoms with Gasteiger partial charge in [0.1, 0.15) is 5.82 Å². The van der Waals surface area contributed by atoms with E-state index in [4.69, 9.17) is 33.3 Å². The Balaban J connectivity index is 1.67. The van der Waals surface area contributed by atoms with Gasteiger partial charge in [-0.1, -0.05) is 77.2 Å². The molecule has 0 saturated carbocycles. The number of nitrogens with zero attached hydrogens (tertiary/aromatic N) is 4. The number of aromatic nitrogens is 3. The van der Waals surface area contributed by atoms with Gasteiger partial charge in [0.2, 0.25) is 0 Å². The van der Waals surface area contributed by atoms with Gasteiger partial charge < -0.3 is 4.57 Å². The number of fused-ring (bicyclic) bond motifs is 2. The molecule has 1 atom stereocenters. The van der Waals surface area contributed by atoms with Gasteiger partial charge in [0, 0.05) is 49.1 Å². The zero-order valence-electron chi connectivity index (χ0n) is 20.7. The summed E-state index contributed by atoms with van der Waals surface area (Å²) in [5.41, 5.74) is 4.47. The van der Waals surface area contributed by atoms with Crippen LogP contribution in [0.15, 0.2) is 75.0 Å². The Morgan fingerprint density at radius 1 is 1.08 bits per heavy atom. The van der Waals surface area contributed by atoms with E-state index < -0.39 is 0 Å². The molecule has 3 aromatic carbocycles. The first-order chi connectivity index (χ1) is 17.8. The highest BCUT2D eigenvalue weighted by atomic mass is 79.9. The van der Waals surface area contributed by atoms with Crippen LogP contribution in [0.5, 0.6) is 0 Å². The summed E-state index contributed by atoms with van der Waals surface area (Å²) >= 11 is 16.1. The highest BCUT2D eigenvalue weighted by Crippen LogP contribution is 2.29. The average molecular weight is 596 g/mol. The van der Waals surface area contributed by atoms with Crippen molar-refractivity contribution >= 4 is 67.2 Å². The molecular formula is C29H25BrCl2N4O. The van der Waals surface area contributed by atoms with Crippen molar-refractivity contribution in [1.82, 2.24) is 14.2 Å². The molecule has 8 heteroatoms. The Kier molecular flexibility index (Phi) is 7.26. The van der Waals surface area contributed by atoms with E-state index in [1.165, 1.54) is 4.68 Å². The summed E-state index contributed by atoms with van der Waals surface area (Å²) < 4.78 is 4.48. The summed E-state index contributed by atoms with van der Waals surface area (Å²) in [6.07, 6.45) is 2.61. The summed E-state index contributed by atoms with van der Waals surface area (Å²) in [6.45, 7) is 6.78. The van der Waals surface area contributed by atoms with Gasteiger partial charge in [-0.15, -0.1) is 0 Å². The lowest BCUT2D eigenvalue weighted by atomic mass is 10.1. The fourth-order valence-electron chi connectivity index (χ4n) is 4.54. The molecule has 37 heavy (non-hydrogen) atoms. The molecule has 0 unspecified atom stereocenters. The topological polar surface area (TPSA) is 52.2 Å². The maximum atomic E-state index is 13.6. The van der Waals surface area contributed by atoms with E-state index in [2.05, 4.69) is 53.4 Å². The maximum Gasteiger partial charge on any atom is 0.282 e. The minimum atomic E-state index is -0.188. The number of benzene rings is 3. The normalized spacial score (nSPS) is 12.7. The van der Waals surface area contributed by atoms with Crippen molar-refractivity contribution in [1.29, 1.82) is 0 Å². The molecule has 0 aliphatic rings. The number of hydrogen-bond acceptors (Lipinski definition) is 3. The van der Waals surface area contributed by atoms with Crippen LogP contribution in [0.2, 0.25) is 10.0 Å². The fraction of sp³-hybridized carbons (Fsp3) is 0.207. The summed E-state index contributed by atoms with van der Waals surface area (Å²) in [6, 6.07) is 19.3. The molecule has 5 nitrogen and oxygen atoms in total. The van der Waals surface area contributed by atoms with E-state index in [1.54, 1.807) is 18.3 Å². The van der Waals surface area contributed by atoms with Crippen molar-refractivity contribution in [2.45, 2.75) is 39.7 Å². The van der Waals surface area contributed by atoms with Crippen LogP contribution >= 0.6 is 39.1 Å². The molecule has 5 aromatic rings. The van der Waals surface area contributed by atoms with Crippen molar-refractivity contribution in [3.63, 3.8) is 0 Å². The van der Waals surface area contributed by atoms with Gasteiger partial charge in [0.15, 0.2) is 0 Å². The van der Waals surface area contributed by atoms with Gasteiger partial charge in [-0.05, 0) is 55.3 Å². The number of rotatable bonds is 6. The van der Waals surface area contributed by atoms with Gasteiger partial charge in [0.05, 0.1) is 17.1 Å². The van der Waals surface area contributed by atoms with E-state index in [1.807, 2.05) is 36.4 Å². The second-order valence-electron chi connectivity index (χ2n) is 9.14. The maximum absolute atomic E-state index is 13.6. The third-order valence-electron chi connectivity index (χ3n) is 6.81. The van der Waals surface area contributed by atoms with E-state index in [0.29, 0.717) is 33.3 Å². The van der Waals surface area contributed by atoms with Gasteiger partial charge in [0.25, 0.3) is 5.56 Å². The zero-order valence-corrected chi connectivity index (χ0v) is 23.8. The Morgan fingerprint density at radius 2 is 1.86 bits per heavy atom. The first-order valence-corrected chi connectivity index (χ1v) is 13.6. The highest BCUT2D eigenvalue weighted by Gasteiger charge is 2.17. The molecule has 0 aliphatic heterocycles. The van der Waals surface area contributed by atoms with E-state index in [0.717, 1.165) is 38.6 Å². The van der Waals surface area contributed by atoms with Crippen molar-refractivity contribution in [2.24, 2.45) is 5.10 Å². The van der Waals surface area contributed by atoms with Crippen LogP contribution in [0.25, 0.3) is 21.8 Å². The average Bonchev–Trinajstić information content (AvgIpc) is 3.15. The van der Waals surface area contributed by atoms with Crippen LogP contribution in [-0.4, -0.2) is 20.4 Å². The highest BCUT2D eigenvalue weighted by molar-refractivity contribution is 9.10. The molecule has 5 rings (SSSR count). The molecule has 0 N–H and O–H groups in total. The standard InChI is InChI=1S/C29H25BrCl2N4O/c1-4-17(2)28-34-26-12-10-20(30)13-23(26)29(37)36(28)33-15-24-18(3)35(27-8-6-5-7-22(24)27)16-19-9-11-21(31)14-25(19)32/h5-15,17H,4,16H2,1-3H3/t17-/m0/s1. The quantitative estimate of drug-likeness (QED) is 0.186. The van der Waals surface area contributed by atoms with Crippen LogP contribution in [0.4, 0.5) is 0 Å². The second kappa shape index (κ2) is 10.4. The summed E-state index contributed by atoms with van der Waals surface area (Å²) in [4.78, 5) is 18.4. The molecule has 0 amide bonds. The molecule has 0 fully saturated rings. The predicted octanol–water partition coefficient (Wildman–Crippen LogP) is 8.17. The summed E-state index contributed by atoms with van der Waals surface area (Å²) in [5.74, 6) is 0.709. The third-order valence-corrected chi connectivity index (χ3v) is 7.89. The smallest absolute Gasteiger partial charge is 0.282 e. The van der Waals surface area contributed by atoms with E-state index in [9.17, 15) is 4.79 Å². The van der Waals surface area contributed by atoms with Gasteiger partial charge in [-0.2, -0.15) is 9.78 Å². The minimum absolute atomic E-state index is 0.0624. The van der Waals surface area contributed by atoms with Crippen LogP contribution in [0, 0.1) is 6.92 Å². The van der Waals surface area contributed by atoms with Crippen LogP contribution < -0.4 is 5.56 Å². The molecule has 0 spiro atoms. The fourth-order valence-corrected chi connectivity index (χ4v) is 5.37. The summed E-state index contributed by atoms with van der Waals surface area (Å²) in [7, 11) is 0. The van der Waals surface area contributed by atoms with Gasteiger partial charge >= 0.3 is 0 Å².